The zero-order chi connectivity index (χ0) is 12.9. The third-order valence-corrected chi connectivity index (χ3v) is 4.07. The highest BCUT2D eigenvalue weighted by Gasteiger charge is 2.29. The Morgan fingerprint density at radius 1 is 1.24 bits per heavy atom. The van der Waals surface area contributed by atoms with Crippen LogP contribution in [0.4, 0.5) is 0 Å². The normalized spacial score (nSPS) is 25.6. The number of carbonyl (C=O) groups excluding carboxylic acids is 1. The van der Waals surface area contributed by atoms with Gasteiger partial charge in [-0.25, -0.2) is 0 Å². The molecule has 0 aromatic heterocycles. The Balaban J connectivity index is 2.33. The van der Waals surface area contributed by atoms with E-state index in [0.717, 1.165) is 18.8 Å². The predicted molar refractivity (Wildman–Crippen MR) is 71.9 cm³/mol. The first-order valence-electron chi connectivity index (χ1n) is 6.99. The largest absolute Gasteiger partial charge is 0.352 e. The van der Waals surface area contributed by atoms with E-state index in [1.165, 1.54) is 25.7 Å². The number of rotatable bonds is 5. The molecule has 3 heteroatoms. The summed E-state index contributed by atoms with van der Waals surface area (Å²) in [5.41, 5.74) is -0.458. The molecule has 0 aromatic carbocycles. The maximum atomic E-state index is 12.0. The molecule has 1 saturated carbocycles. The van der Waals surface area contributed by atoms with E-state index in [0.29, 0.717) is 6.04 Å². The molecular weight excluding hydrogens is 212 g/mol. The highest BCUT2D eigenvalue weighted by atomic mass is 16.2. The fourth-order valence-electron chi connectivity index (χ4n) is 2.48. The topological polar surface area (TPSA) is 41.1 Å². The van der Waals surface area contributed by atoms with Crippen molar-refractivity contribution in [3.05, 3.63) is 0 Å². The lowest BCUT2D eigenvalue weighted by Gasteiger charge is -2.32. The first-order chi connectivity index (χ1) is 7.99. The van der Waals surface area contributed by atoms with E-state index in [9.17, 15) is 4.79 Å². The maximum absolute atomic E-state index is 12.0. The number of amides is 1. The molecule has 1 aliphatic carbocycles. The van der Waals surface area contributed by atoms with Crippen LogP contribution in [0.1, 0.15) is 59.3 Å². The summed E-state index contributed by atoms with van der Waals surface area (Å²) in [5, 5.41) is 6.22. The highest BCUT2D eigenvalue weighted by molar-refractivity contribution is 5.85. The van der Waals surface area contributed by atoms with E-state index < -0.39 is 5.54 Å². The summed E-state index contributed by atoms with van der Waals surface area (Å²) in [5.74, 6) is 1.02. The number of nitrogens with one attached hydrogen (secondary N) is 2. The zero-order valence-electron chi connectivity index (χ0n) is 11.8. The summed E-state index contributed by atoms with van der Waals surface area (Å²) in [4.78, 5) is 12.0. The zero-order valence-corrected chi connectivity index (χ0v) is 11.8. The number of hydrogen-bond acceptors (Lipinski definition) is 2. The molecule has 3 nitrogen and oxygen atoms in total. The third kappa shape index (κ3) is 4.30. The summed E-state index contributed by atoms with van der Waals surface area (Å²) in [7, 11) is 1.83. The van der Waals surface area contributed by atoms with Gasteiger partial charge in [0, 0.05) is 6.04 Å². The van der Waals surface area contributed by atoms with Crippen LogP contribution in [-0.2, 0) is 4.79 Å². The Labute approximate surface area is 106 Å². The molecule has 0 spiro atoms. The van der Waals surface area contributed by atoms with Gasteiger partial charge in [0.1, 0.15) is 0 Å². The fourth-order valence-corrected chi connectivity index (χ4v) is 2.48. The van der Waals surface area contributed by atoms with E-state index in [4.69, 9.17) is 0 Å². The van der Waals surface area contributed by atoms with Gasteiger partial charge in [0.2, 0.25) is 5.91 Å². The van der Waals surface area contributed by atoms with Crippen molar-refractivity contribution in [3.63, 3.8) is 0 Å². The molecule has 1 amide bonds. The van der Waals surface area contributed by atoms with Gasteiger partial charge in [0.05, 0.1) is 5.54 Å². The van der Waals surface area contributed by atoms with Crippen LogP contribution in [0.3, 0.4) is 0 Å². The minimum atomic E-state index is -0.458. The summed E-state index contributed by atoms with van der Waals surface area (Å²) in [6.45, 7) is 6.10. The van der Waals surface area contributed by atoms with Gasteiger partial charge >= 0.3 is 0 Å². The Kier molecular flexibility index (Phi) is 5.44. The van der Waals surface area contributed by atoms with Crippen molar-refractivity contribution in [2.24, 2.45) is 5.92 Å². The maximum Gasteiger partial charge on any atom is 0.239 e. The van der Waals surface area contributed by atoms with E-state index in [1.807, 2.05) is 20.9 Å². The second-order valence-electron chi connectivity index (χ2n) is 5.85. The van der Waals surface area contributed by atoms with Crippen LogP contribution in [0.25, 0.3) is 0 Å². The second kappa shape index (κ2) is 6.39. The third-order valence-electron chi connectivity index (χ3n) is 4.07. The van der Waals surface area contributed by atoms with E-state index >= 15 is 0 Å². The molecule has 0 bridgehead atoms. The monoisotopic (exact) mass is 240 g/mol. The minimum absolute atomic E-state index is 0.124. The molecule has 1 fully saturated rings. The molecule has 0 heterocycles. The van der Waals surface area contributed by atoms with Gasteiger partial charge in [0.25, 0.3) is 0 Å². The van der Waals surface area contributed by atoms with Crippen LogP contribution in [0.5, 0.6) is 0 Å². The quantitative estimate of drug-likeness (QED) is 0.775. The number of hydrogen-bond donors (Lipinski definition) is 2. The number of likely N-dealkylation sites (N-methyl/N-ethyl adjacent to an activating group) is 1. The summed E-state index contributed by atoms with van der Waals surface area (Å²) in [6.07, 6.45) is 7.49. The van der Waals surface area contributed by atoms with Crippen molar-refractivity contribution < 1.29 is 4.79 Å². The van der Waals surface area contributed by atoms with E-state index in [2.05, 4.69) is 17.6 Å². The Bertz CT molecular complexity index is 243. The highest BCUT2D eigenvalue weighted by Crippen LogP contribution is 2.27. The lowest BCUT2D eigenvalue weighted by atomic mass is 9.83. The molecule has 1 rings (SSSR count). The molecule has 17 heavy (non-hydrogen) atoms. The first-order valence-corrected chi connectivity index (χ1v) is 6.99. The van der Waals surface area contributed by atoms with E-state index in [-0.39, 0.29) is 5.91 Å². The van der Waals surface area contributed by atoms with Crippen LogP contribution in [0.2, 0.25) is 0 Å². The molecule has 100 valence electrons. The van der Waals surface area contributed by atoms with Crippen molar-refractivity contribution in [3.8, 4) is 0 Å². The van der Waals surface area contributed by atoms with Crippen molar-refractivity contribution in [2.75, 3.05) is 7.05 Å². The van der Waals surface area contributed by atoms with Gasteiger partial charge in [-0.3, -0.25) is 4.79 Å². The summed E-state index contributed by atoms with van der Waals surface area (Å²) >= 11 is 0. The fraction of sp³-hybridized carbons (Fsp3) is 0.929. The van der Waals surface area contributed by atoms with Gasteiger partial charge in [-0.15, -0.1) is 0 Å². The van der Waals surface area contributed by atoms with E-state index in [1.54, 1.807) is 0 Å². The average Bonchev–Trinajstić information content (AvgIpc) is 2.32. The Morgan fingerprint density at radius 2 is 1.82 bits per heavy atom. The molecule has 0 saturated heterocycles. The van der Waals surface area contributed by atoms with Crippen LogP contribution in [0, 0.1) is 5.92 Å². The molecule has 0 atom stereocenters. The van der Waals surface area contributed by atoms with Gasteiger partial charge in [-0.1, -0.05) is 19.8 Å². The first kappa shape index (κ1) is 14.5. The van der Waals surface area contributed by atoms with Crippen LogP contribution >= 0.6 is 0 Å². The van der Waals surface area contributed by atoms with Crippen molar-refractivity contribution in [1.29, 1.82) is 0 Å². The molecular formula is C14H28N2O. The van der Waals surface area contributed by atoms with Crippen LogP contribution in [0.15, 0.2) is 0 Å². The summed E-state index contributed by atoms with van der Waals surface area (Å²) < 4.78 is 0. The Morgan fingerprint density at radius 3 is 2.29 bits per heavy atom. The van der Waals surface area contributed by atoms with Crippen molar-refractivity contribution >= 4 is 5.91 Å². The molecule has 0 aliphatic heterocycles. The second-order valence-corrected chi connectivity index (χ2v) is 5.85. The standard InChI is InChI=1S/C14H28N2O/c1-5-6-11-7-9-12(10-8-11)16-13(17)14(2,3)15-4/h11-12,15H,5-10H2,1-4H3,(H,16,17). The van der Waals surface area contributed by atoms with Gasteiger partial charge < -0.3 is 10.6 Å². The molecule has 0 radical (unpaired) electrons. The van der Waals surface area contributed by atoms with Crippen molar-refractivity contribution in [2.45, 2.75) is 70.9 Å². The SMILES string of the molecule is CCCC1CCC(NC(=O)C(C)(C)NC)CC1. The predicted octanol–water partition coefficient (Wildman–Crippen LogP) is 2.46. The van der Waals surface area contributed by atoms with Crippen LogP contribution < -0.4 is 10.6 Å². The minimum Gasteiger partial charge on any atom is -0.352 e. The average molecular weight is 240 g/mol. The number of carbonyl (C=O) groups is 1. The van der Waals surface area contributed by atoms with Gasteiger partial charge in [-0.2, -0.15) is 0 Å². The molecule has 0 unspecified atom stereocenters. The van der Waals surface area contributed by atoms with Gasteiger partial charge in [-0.05, 0) is 52.5 Å². The smallest absolute Gasteiger partial charge is 0.239 e. The molecule has 2 N–H and O–H groups in total. The lowest BCUT2D eigenvalue weighted by Crippen LogP contribution is -2.54. The van der Waals surface area contributed by atoms with Crippen LogP contribution in [-0.4, -0.2) is 24.5 Å². The van der Waals surface area contributed by atoms with Gasteiger partial charge in [0.15, 0.2) is 0 Å². The Hall–Kier alpha value is -0.570. The molecule has 1 aliphatic rings. The van der Waals surface area contributed by atoms with Crippen molar-refractivity contribution in [1.82, 2.24) is 10.6 Å². The molecule has 0 aromatic rings. The lowest BCUT2D eigenvalue weighted by molar-refractivity contribution is -0.127. The summed E-state index contributed by atoms with van der Waals surface area (Å²) in [6, 6.07) is 0.392.